The molecule has 96 valence electrons. The van der Waals surface area contributed by atoms with E-state index in [4.69, 9.17) is 10.5 Å². The first-order valence-electron chi connectivity index (χ1n) is 6.32. The van der Waals surface area contributed by atoms with Gasteiger partial charge in [-0.3, -0.25) is 9.59 Å². The molecular weight excluding hydrogens is 220 g/mol. The van der Waals surface area contributed by atoms with Gasteiger partial charge in [0.05, 0.1) is 12.1 Å². The average molecular weight is 240 g/mol. The first-order chi connectivity index (χ1) is 8.07. The molecule has 0 aliphatic heterocycles. The zero-order chi connectivity index (χ0) is 12.5. The van der Waals surface area contributed by atoms with Crippen LogP contribution in [0.2, 0.25) is 0 Å². The summed E-state index contributed by atoms with van der Waals surface area (Å²) in [5, 5.41) is 0. The van der Waals surface area contributed by atoms with Gasteiger partial charge in [0.1, 0.15) is 6.54 Å². The van der Waals surface area contributed by atoms with Crippen LogP contribution in [0.15, 0.2) is 0 Å². The highest BCUT2D eigenvalue weighted by molar-refractivity contribution is 5.90. The fraction of sp³-hybridized carbons (Fsp3) is 0.833. The number of rotatable bonds is 5. The minimum atomic E-state index is -0.713. The molecule has 2 N–H and O–H groups in total. The van der Waals surface area contributed by atoms with Gasteiger partial charge in [0.25, 0.3) is 0 Å². The van der Waals surface area contributed by atoms with E-state index in [0.29, 0.717) is 6.61 Å². The van der Waals surface area contributed by atoms with Crippen LogP contribution in [0.3, 0.4) is 0 Å². The van der Waals surface area contributed by atoms with E-state index in [9.17, 15) is 9.59 Å². The monoisotopic (exact) mass is 240 g/mol. The Morgan fingerprint density at radius 2 is 2.06 bits per heavy atom. The molecule has 0 spiro atoms. The minimum absolute atomic E-state index is 0.0519. The second kappa shape index (κ2) is 4.64. The lowest BCUT2D eigenvalue weighted by Gasteiger charge is -2.40. The summed E-state index contributed by atoms with van der Waals surface area (Å²) in [7, 11) is 0. The van der Waals surface area contributed by atoms with Crippen molar-refractivity contribution in [2.75, 3.05) is 13.2 Å². The molecule has 2 rings (SSSR count). The molecule has 2 fully saturated rings. The lowest BCUT2D eigenvalue weighted by atomic mass is 9.76. The molecule has 2 aliphatic carbocycles. The second-order valence-electron chi connectivity index (χ2n) is 4.98. The Labute approximate surface area is 101 Å². The van der Waals surface area contributed by atoms with Crippen molar-refractivity contribution in [3.63, 3.8) is 0 Å². The number of amides is 1. The molecule has 1 amide bonds. The lowest BCUT2D eigenvalue weighted by molar-refractivity contribution is -0.152. The Hall–Kier alpha value is -1.10. The van der Waals surface area contributed by atoms with Crippen LogP contribution in [0, 0.1) is 0 Å². The highest BCUT2D eigenvalue weighted by Crippen LogP contribution is 2.35. The summed E-state index contributed by atoms with van der Waals surface area (Å²) in [6, 6.07) is 0.202. The fourth-order valence-corrected chi connectivity index (χ4v) is 2.16. The van der Waals surface area contributed by atoms with Crippen LogP contribution in [-0.4, -0.2) is 41.5 Å². The van der Waals surface area contributed by atoms with E-state index in [-0.39, 0.29) is 24.5 Å². The predicted octanol–water partition coefficient (Wildman–Crippen LogP) is 0.422. The van der Waals surface area contributed by atoms with E-state index in [1.807, 2.05) is 0 Å². The van der Waals surface area contributed by atoms with Crippen molar-refractivity contribution in [3.8, 4) is 0 Å². The molecule has 0 aromatic heterocycles. The number of hydrogen-bond donors (Lipinski definition) is 1. The average Bonchev–Trinajstić information content (AvgIpc) is 3.06. The van der Waals surface area contributed by atoms with Gasteiger partial charge in [-0.15, -0.1) is 0 Å². The number of hydrogen-bond acceptors (Lipinski definition) is 4. The van der Waals surface area contributed by atoms with Crippen LogP contribution in [-0.2, 0) is 14.3 Å². The van der Waals surface area contributed by atoms with Gasteiger partial charge in [-0.2, -0.15) is 0 Å². The summed E-state index contributed by atoms with van der Waals surface area (Å²) in [4.78, 5) is 25.4. The number of nitrogens with zero attached hydrogens (tertiary/aromatic N) is 1. The third kappa shape index (κ3) is 2.60. The van der Waals surface area contributed by atoms with Gasteiger partial charge in [0.15, 0.2) is 0 Å². The Morgan fingerprint density at radius 1 is 1.41 bits per heavy atom. The third-order valence-electron chi connectivity index (χ3n) is 3.52. The number of ether oxygens (including phenoxy) is 1. The van der Waals surface area contributed by atoms with Gasteiger partial charge in [0.2, 0.25) is 5.91 Å². The van der Waals surface area contributed by atoms with Gasteiger partial charge < -0.3 is 15.4 Å². The van der Waals surface area contributed by atoms with Crippen LogP contribution in [0.25, 0.3) is 0 Å². The Bertz CT molecular complexity index is 322. The van der Waals surface area contributed by atoms with Crippen molar-refractivity contribution < 1.29 is 14.3 Å². The van der Waals surface area contributed by atoms with Gasteiger partial charge in [0, 0.05) is 6.04 Å². The molecule has 0 saturated heterocycles. The van der Waals surface area contributed by atoms with E-state index in [1.54, 1.807) is 11.8 Å². The molecule has 5 nitrogen and oxygen atoms in total. The number of nitrogens with two attached hydrogens (primary N) is 1. The fourth-order valence-electron chi connectivity index (χ4n) is 2.16. The highest BCUT2D eigenvalue weighted by Gasteiger charge is 2.46. The van der Waals surface area contributed by atoms with Crippen LogP contribution >= 0.6 is 0 Å². The van der Waals surface area contributed by atoms with E-state index >= 15 is 0 Å². The summed E-state index contributed by atoms with van der Waals surface area (Å²) in [6.45, 7) is 2.16. The second-order valence-corrected chi connectivity index (χ2v) is 4.98. The molecular formula is C12H20N2O3. The zero-order valence-corrected chi connectivity index (χ0v) is 10.3. The van der Waals surface area contributed by atoms with Crippen molar-refractivity contribution in [1.29, 1.82) is 0 Å². The van der Waals surface area contributed by atoms with Gasteiger partial charge in [-0.25, -0.2) is 0 Å². The number of esters is 1. The SMILES string of the molecule is CCOC(=O)CN(C(=O)C1(N)CCC1)C1CC1. The first kappa shape index (κ1) is 12.4. The maximum atomic E-state index is 12.3. The molecule has 0 heterocycles. The first-order valence-corrected chi connectivity index (χ1v) is 6.32. The third-order valence-corrected chi connectivity index (χ3v) is 3.52. The molecule has 0 radical (unpaired) electrons. The van der Waals surface area contributed by atoms with Gasteiger partial charge in [-0.05, 0) is 39.0 Å². The minimum Gasteiger partial charge on any atom is -0.465 e. The zero-order valence-electron chi connectivity index (χ0n) is 10.3. The standard InChI is InChI=1S/C12H20N2O3/c1-2-17-10(15)8-14(9-4-5-9)11(16)12(13)6-3-7-12/h9H,2-8,13H2,1H3. The van der Waals surface area contributed by atoms with Crippen LogP contribution in [0.4, 0.5) is 0 Å². The van der Waals surface area contributed by atoms with E-state index in [1.165, 1.54) is 0 Å². The van der Waals surface area contributed by atoms with Crippen molar-refractivity contribution in [3.05, 3.63) is 0 Å². The van der Waals surface area contributed by atoms with Gasteiger partial charge >= 0.3 is 5.97 Å². The molecule has 0 aromatic rings. The van der Waals surface area contributed by atoms with E-state index < -0.39 is 5.54 Å². The summed E-state index contributed by atoms with van der Waals surface area (Å²) in [5.41, 5.74) is 5.31. The number of carbonyl (C=O) groups is 2. The van der Waals surface area contributed by atoms with Crippen LogP contribution in [0.1, 0.15) is 39.0 Å². The van der Waals surface area contributed by atoms with Crippen LogP contribution in [0.5, 0.6) is 0 Å². The maximum Gasteiger partial charge on any atom is 0.325 e. The molecule has 0 bridgehead atoms. The molecule has 5 heteroatoms. The van der Waals surface area contributed by atoms with Crippen LogP contribution < -0.4 is 5.73 Å². The Kier molecular flexibility index (Phi) is 3.38. The lowest BCUT2D eigenvalue weighted by Crippen LogP contribution is -2.60. The van der Waals surface area contributed by atoms with E-state index in [2.05, 4.69) is 0 Å². The molecule has 0 aromatic carbocycles. The normalized spacial score (nSPS) is 21.5. The van der Waals surface area contributed by atoms with Crippen molar-refractivity contribution >= 4 is 11.9 Å². The molecule has 0 atom stereocenters. The topological polar surface area (TPSA) is 72.6 Å². The summed E-state index contributed by atoms with van der Waals surface area (Å²) in [5.74, 6) is -0.407. The van der Waals surface area contributed by atoms with E-state index in [0.717, 1.165) is 32.1 Å². The highest BCUT2D eigenvalue weighted by atomic mass is 16.5. The summed E-state index contributed by atoms with van der Waals surface area (Å²) < 4.78 is 4.89. The van der Waals surface area contributed by atoms with Gasteiger partial charge in [-0.1, -0.05) is 0 Å². The largest absolute Gasteiger partial charge is 0.465 e. The predicted molar refractivity (Wildman–Crippen MR) is 62.1 cm³/mol. The van der Waals surface area contributed by atoms with Crippen molar-refractivity contribution in [2.24, 2.45) is 5.73 Å². The smallest absolute Gasteiger partial charge is 0.325 e. The quantitative estimate of drug-likeness (QED) is 0.707. The summed E-state index contributed by atoms with van der Waals surface area (Å²) in [6.07, 6.45) is 4.42. The Balaban J connectivity index is 1.97. The Morgan fingerprint density at radius 3 is 2.47 bits per heavy atom. The van der Waals surface area contributed by atoms with Crippen molar-refractivity contribution in [2.45, 2.75) is 50.6 Å². The van der Waals surface area contributed by atoms with Crippen molar-refractivity contribution in [1.82, 2.24) is 4.90 Å². The molecule has 0 unspecified atom stereocenters. The number of carbonyl (C=O) groups excluding carboxylic acids is 2. The summed E-state index contributed by atoms with van der Waals surface area (Å²) >= 11 is 0. The molecule has 2 aliphatic rings. The maximum absolute atomic E-state index is 12.3. The molecule has 17 heavy (non-hydrogen) atoms. The molecule has 2 saturated carbocycles.